The average molecular weight is 368 g/mol. The first kappa shape index (κ1) is 16.7. The Hall–Kier alpha value is -2.44. The molecule has 0 unspecified atom stereocenters. The van der Waals surface area contributed by atoms with E-state index in [-0.39, 0.29) is 22.4 Å². The molecule has 0 atom stereocenters. The highest BCUT2D eigenvalue weighted by Gasteiger charge is 2.51. The lowest BCUT2D eigenvalue weighted by atomic mass is 9.49. The number of nitrogens with zero attached hydrogens (tertiary/aromatic N) is 2. The topological polar surface area (TPSA) is 98.9 Å². The first-order valence-corrected chi connectivity index (χ1v) is 9.79. The van der Waals surface area contributed by atoms with Gasteiger partial charge < -0.3 is 4.90 Å². The van der Waals surface area contributed by atoms with Gasteiger partial charge in [0.1, 0.15) is 5.65 Å². The maximum absolute atomic E-state index is 13.0. The van der Waals surface area contributed by atoms with Crippen LogP contribution in [0.25, 0.3) is 11.0 Å². The quantitative estimate of drug-likeness (QED) is 0.864. The van der Waals surface area contributed by atoms with Crippen molar-refractivity contribution in [2.75, 3.05) is 13.6 Å². The number of nitrogens with one attached hydrogen (secondary N) is 2. The first-order chi connectivity index (χ1) is 12.9. The Bertz CT molecular complexity index is 1000. The van der Waals surface area contributed by atoms with Gasteiger partial charge in [0.25, 0.3) is 11.5 Å². The Balaban J connectivity index is 1.40. The number of hydrogen-bond acceptors (Lipinski definition) is 4. The normalized spacial score (nSPS) is 31.4. The third-order valence-corrected chi connectivity index (χ3v) is 6.92. The van der Waals surface area contributed by atoms with Gasteiger partial charge in [-0.2, -0.15) is 0 Å². The number of aromatic nitrogens is 3. The van der Waals surface area contributed by atoms with E-state index in [1.165, 1.54) is 50.8 Å². The lowest BCUT2D eigenvalue weighted by Gasteiger charge is -2.57. The highest BCUT2D eigenvalue weighted by Crippen LogP contribution is 2.60. The standard InChI is InChI=1S/C20H24N4O3/c1-24(10-20-6-11-2-12(7-20)4-13(3-11)8-20)18(26)14-5-15-16(21-9-14)22-19(27)23-17(15)25/h5,9,11-13H,2-4,6-8,10H2,1H3,(H2,21,22,23,25,27). The molecule has 0 aliphatic heterocycles. The van der Waals surface area contributed by atoms with Gasteiger partial charge in [0.15, 0.2) is 0 Å². The number of carbonyl (C=O) groups excluding carboxylic acids is 1. The van der Waals surface area contributed by atoms with Crippen LogP contribution < -0.4 is 11.2 Å². The van der Waals surface area contributed by atoms with Gasteiger partial charge in [-0.1, -0.05) is 0 Å². The summed E-state index contributed by atoms with van der Waals surface area (Å²) in [6.07, 6.45) is 9.32. The van der Waals surface area contributed by atoms with Crippen molar-refractivity contribution in [1.29, 1.82) is 0 Å². The molecule has 142 valence electrons. The van der Waals surface area contributed by atoms with Crippen molar-refractivity contribution in [1.82, 2.24) is 19.9 Å². The van der Waals surface area contributed by atoms with Crippen molar-refractivity contribution in [3.05, 3.63) is 38.7 Å². The minimum absolute atomic E-state index is 0.120. The van der Waals surface area contributed by atoms with E-state index in [1.54, 1.807) is 4.90 Å². The fourth-order valence-electron chi connectivity index (χ4n) is 6.44. The summed E-state index contributed by atoms with van der Waals surface area (Å²) in [5.41, 5.74) is -0.277. The fraction of sp³-hybridized carbons (Fsp3) is 0.600. The predicted octanol–water partition coefficient (Wildman–Crippen LogP) is 1.90. The SMILES string of the molecule is CN(CC12CC3CC(CC(C3)C1)C2)C(=O)c1cnc2[nH]c(=O)[nH]c(=O)c2c1. The van der Waals surface area contributed by atoms with Crippen molar-refractivity contribution < 1.29 is 4.79 Å². The van der Waals surface area contributed by atoms with E-state index < -0.39 is 11.2 Å². The largest absolute Gasteiger partial charge is 0.341 e. The average Bonchev–Trinajstić information content (AvgIpc) is 2.59. The summed E-state index contributed by atoms with van der Waals surface area (Å²) in [6, 6.07) is 1.52. The maximum Gasteiger partial charge on any atom is 0.327 e. The van der Waals surface area contributed by atoms with Crippen LogP contribution in [0.3, 0.4) is 0 Å². The molecule has 2 aromatic heterocycles. The second kappa shape index (κ2) is 5.78. The Morgan fingerprint density at radius 3 is 2.41 bits per heavy atom. The van der Waals surface area contributed by atoms with Gasteiger partial charge in [0.2, 0.25) is 0 Å². The molecule has 4 aliphatic rings. The molecule has 0 spiro atoms. The van der Waals surface area contributed by atoms with Crippen LogP contribution in [0.2, 0.25) is 0 Å². The Morgan fingerprint density at radius 1 is 1.15 bits per heavy atom. The number of hydrogen-bond donors (Lipinski definition) is 2. The summed E-state index contributed by atoms with van der Waals surface area (Å²) in [5, 5.41) is 0.226. The Kier molecular flexibility index (Phi) is 3.58. The number of H-pyrrole nitrogens is 2. The predicted molar refractivity (Wildman–Crippen MR) is 101 cm³/mol. The minimum atomic E-state index is -0.599. The van der Waals surface area contributed by atoms with Gasteiger partial charge in [-0.3, -0.25) is 19.6 Å². The van der Waals surface area contributed by atoms with E-state index in [1.807, 2.05) is 7.05 Å². The van der Waals surface area contributed by atoms with Crippen LogP contribution in [0.5, 0.6) is 0 Å². The molecule has 0 saturated heterocycles. The van der Waals surface area contributed by atoms with Crippen molar-refractivity contribution in [2.24, 2.45) is 23.2 Å². The molecule has 6 rings (SSSR count). The third-order valence-electron chi connectivity index (χ3n) is 6.92. The molecule has 2 N–H and O–H groups in total. The molecule has 0 radical (unpaired) electrons. The fourth-order valence-corrected chi connectivity index (χ4v) is 6.44. The van der Waals surface area contributed by atoms with Crippen molar-refractivity contribution in [3.63, 3.8) is 0 Å². The number of rotatable bonds is 3. The summed E-state index contributed by atoms with van der Waals surface area (Å²) in [4.78, 5) is 46.9. The van der Waals surface area contributed by atoms with Gasteiger partial charge in [-0.25, -0.2) is 9.78 Å². The zero-order chi connectivity index (χ0) is 18.8. The van der Waals surface area contributed by atoms with Crippen LogP contribution in [0, 0.1) is 23.2 Å². The number of carbonyl (C=O) groups is 1. The molecular weight excluding hydrogens is 344 g/mol. The molecule has 4 bridgehead atoms. The molecule has 1 amide bonds. The lowest BCUT2D eigenvalue weighted by molar-refractivity contribution is -0.0629. The van der Waals surface area contributed by atoms with Crippen LogP contribution in [-0.2, 0) is 0 Å². The van der Waals surface area contributed by atoms with Crippen molar-refractivity contribution >= 4 is 16.9 Å². The number of amides is 1. The van der Waals surface area contributed by atoms with Gasteiger partial charge in [-0.15, -0.1) is 0 Å². The second-order valence-corrected chi connectivity index (χ2v) is 9.11. The second-order valence-electron chi connectivity index (χ2n) is 9.11. The summed E-state index contributed by atoms with van der Waals surface area (Å²) < 4.78 is 0. The molecule has 4 saturated carbocycles. The minimum Gasteiger partial charge on any atom is -0.341 e. The summed E-state index contributed by atoms with van der Waals surface area (Å²) in [7, 11) is 1.85. The van der Waals surface area contributed by atoms with Crippen molar-refractivity contribution in [3.8, 4) is 0 Å². The van der Waals surface area contributed by atoms with E-state index in [9.17, 15) is 14.4 Å². The van der Waals surface area contributed by atoms with Gasteiger partial charge >= 0.3 is 5.69 Å². The van der Waals surface area contributed by atoms with Gasteiger partial charge in [0, 0.05) is 19.8 Å². The van der Waals surface area contributed by atoms with Crippen molar-refractivity contribution in [2.45, 2.75) is 38.5 Å². The molecule has 4 fully saturated rings. The Morgan fingerprint density at radius 2 is 1.78 bits per heavy atom. The molecule has 27 heavy (non-hydrogen) atoms. The van der Waals surface area contributed by atoms with E-state index in [0.29, 0.717) is 5.56 Å². The van der Waals surface area contributed by atoms with Gasteiger partial charge in [0.05, 0.1) is 10.9 Å². The summed E-state index contributed by atoms with van der Waals surface area (Å²) in [6.45, 7) is 0.773. The maximum atomic E-state index is 13.0. The Labute approximate surface area is 156 Å². The third kappa shape index (κ3) is 2.80. The first-order valence-electron chi connectivity index (χ1n) is 9.79. The highest BCUT2D eigenvalue weighted by atomic mass is 16.2. The van der Waals surface area contributed by atoms with Crippen LogP contribution in [0.1, 0.15) is 48.9 Å². The van der Waals surface area contributed by atoms with E-state index in [0.717, 1.165) is 24.3 Å². The van der Waals surface area contributed by atoms with E-state index in [2.05, 4.69) is 15.0 Å². The molecule has 2 aromatic rings. The molecule has 7 nitrogen and oxygen atoms in total. The highest BCUT2D eigenvalue weighted by molar-refractivity contribution is 5.96. The number of pyridine rings is 1. The van der Waals surface area contributed by atoms with E-state index >= 15 is 0 Å². The van der Waals surface area contributed by atoms with Crippen LogP contribution in [0.4, 0.5) is 0 Å². The molecule has 0 aromatic carbocycles. The zero-order valence-corrected chi connectivity index (χ0v) is 15.5. The van der Waals surface area contributed by atoms with Gasteiger partial charge in [-0.05, 0) is 67.8 Å². The molecular formula is C20H24N4O3. The molecule has 4 aliphatic carbocycles. The monoisotopic (exact) mass is 368 g/mol. The smallest absolute Gasteiger partial charge is 0.327 e. The zero-order valence-electron chi connectivity index (χ0n) is 15.5. The molecule has 7 heteroatoms. The lowest BCUT2D eigenvalue weighted by Crippen LogP contribution is -2.51. The van der Waals surface area contributed by atoms with Crippen LogP contribution >= 0.6 is 0 Å². The number of fused-ring (bicyclic) bond motifs is 1. The summed E-state index contributed by atoms with van der Waals surface area (Å²) >= 11 is 0. The van der Waals surface area contributed by atoms with E-state index in [4.69, 9.17) is 0 Å². The van der Waals surface area contributed by atoms with Crippen LogP contribution in [-0.4, -0.2) is 39.4 Å². The van der Waals surface area contributed by atoms with Crippen LogP contribution in [0.15, 0.2) is 21.9 Å². The molecule has 2 heterocycles. The summed E-state index contributed by atoms with van der Waals surface area (Å²) in [5.74, 6) is 2.41. The number of aromatic amines is 2.